The first-order chi connectivity index (χ1) is 8.77. The highest BCUT2D eigenvalue weighted by molar-refractivity contribution is 9.10. The number of pyridine rings is 1. The van der Waals surface area contributed by atoms with Crippen LogP contribution in [-0.4, -0.2) is 4.98 Å². The van der Waals surface area contributed by atoms with E-state index in [-0.39, 0.29) is 5.43 Å². The van der Waals surface area contributed by atoms with Crippen molar-refractivity contribution in [1.82, 2.24) is 4.98 Å². The molecule has 0 spiro atoms. The summed E-state index contributed by atoms with van der Waals surface area (Å²) < 4.78 is 0.987. The van der Waals surface area contributed by atoms with Crippen LogP contribution in [0.15, 0.2) is 64.0 Å². The van der Waals surface area contributed by atoms with Gasteiger partial charge < -0.3 is 4.98 Å². The Hall–Kier alpha value is -1.87. The molecule has 1 aromatic heterocycles. The topological polar surface area (TPSA) is 32.9 Å². The van der Waals surface area contributed by atoms with E-state index in [4.69, 9.17) is 0 Å². The van der Waals surface area contributed by atoms with E-state index in [0.717, 1.165) is 26.5 Å². The second-order valence-corrected chi connectivity index (χ2v) is 4.90. The third-order valence-corrected chi connectivity index (χ3v) is 3.64. The molecule has 2 aromatic carbocycles. The van der Waals surface area contributed by atoms with Gasteiger partial charge in [-0.2, -0.15) is 0 Å². The van der Waals surface area contributed by atoms with Crippen LogP contribution in [0, 0.1) is 0 Å². The fourth-order valence-corrected chi connectivity index (χ4v) is 2.63. The van der Waals surface area contributed by atoms with Crippen molar-refractivity contribution >= 4 is 26.8 Å². The van der Waals surface area contributed by atoms with Crippen molar-refractivity contribution in [3.63, 3.8) is 0 Å². The molecule has 0 radical (unpaired) electrons. The lowest BCUT2D eigenvalue weighted by molar-refractivity contribution is 1.39. The van der Waals surface area contributed by atoms with E-state index >= 15 is 0 Å². The summed E-state index contributed by atoms with van der Waals surface area (Å²) in [6.45, 7) is 0. The maximum atomic E-state index is 12.0. The van der Waals surface area contributed by atoms with Crippen LogP contribution in [0.5, 0.6) is 0 Å². The minimum atomic E-state index is 0.0371. The minimum absolute atomic E-state index is 0.0371. The van der Waals surface area contributed by atoms with Crippen LogP contribution in [0.2, 0.25) is 0 Å². The van der Waals surface area contributed by atoms with Crippen LogP contribution in [-0.2, 0) is 0 Å². The average Bonchev–Trinajstić information content (AvgIpc) is 2.39. The summed E-state index contributed by atoms with van der Waals surface area (Å²) in [6.07, 6.45) is 1.68. The van der Waals surface area contributed by atoms with Crippen molar-refractivity contribution in [2.45, 2.75) is 0 Å². The number of aromatic nitrogens is 1. The highest BCUT2D eigenvalue weighted by atomic mass is 79.9. The van der Waals surface area contributed by atoms with Crippen molar-refractivity contribution in [2.24, 2.45) is 0 Å². The van der Waals surface area contributed by atoms with Gasteiger partial charge in [-0.3, -0.25) is 4.79 Å². The zero-order valence-corrected chi connectivity index (χ0v) is 11.1. The quantitative estimate of drug-likeness (QED) is 0.725. The number of fused-ring (bicyclic) bond motifs is 1. The summed E-state index contributed by atoms with van der Waals surface area (Å²) in [7, 11) is 0. The molecular weight excluding hydrogens is 290 g/mol. The van der Waals surface area contributed by atoms with Gasteiger partial charge >= 0.3 is 0 Å². The van der Waals surface area contributed by atoms with Gasteiger partial charge in [0.25, 0.3) is 0 Å². The SMILES string of the molecule is O=c1cc[nH]c2cccc(-c3ccccc3Br)c12. The molecule has 0 bridgehead atoms. The molecule has 0 atom stereocenters. The fraction of sp³-hybridized carbons (Fsp3) is 0. The first kappa shape index (κ1) is 11.2. The van der Waals surface area contributed by atoms with Crippen LogP contribution in [0.1, 0.15) is 0 Å². The van der Waals surface area contributed by atoms with Crippen molar-refractivity contribution in [1.29, 1.82) is 0 Å². The van der Waals surface area contributed by atoms with Crippen molar-refractivity contribution in [3.8, 4) is 11.1 Å². The molecule has 88 valence electrons. The van der Waals surface area contributed by atoms with Gasteiger partial charge in [0.15, 0.2) is 5.43 Å². The summed E-state index contributed by atoms with van der Waals surface area (Å²) in [5, 5.41) is 0.729. The van der Waals surface area contributed by atoms with E-state index in [1.807, 2.05) is 42.5 Å². The minimum Gasteiger partial charge on any atom is -0.361 e. The summed E-state index contributed by atoms with van der Waals surface area (Å²) in [5.41, 5.74) is 2.87. The van der Waals surface area contributed by atoms with Crippen molar-refractivity contribution in [3.05, 3.63) is 69.4 Å². The predicted molar refractivity (Wildman–Crippen MR) is 77.7 cm³/mol. The summed E-state index contributed by atoms with van der Waals surface area (Å²) in [4.78, 5) is 15.2. The molecule has 0 unspecified atom stereocenters. The van der Waals surface area contributed by atoms with Gasteiger partial charge in [-0.1, -0.05) is 46.3 Å². The third kappa shape index (κ3) is 1.77. The largest absolute Gasteiger partial charge is 0.361 e. The molecule has 0 aliphatic heterocycles. The van der Waals surface area contributed by atoms with Gasteiger partial charge in [0.2, 0.25) is 0 Å². The standard InChI is InChI=1S/C15H10BrNO/c16-12-6-2-1-4-10(12)11-5-3-7-13-15(11)14(18)8-9-17-13/h1-9H,(H,17,18). The summed E-state index contributed by atoms with van der Waals surface area (Å²) in [6, 6.07) is 15.3. The Bertz CT molecular complexity index is 771. The van der Waals surface area contributed by atoms with Crippen LogP contribution >= 0.6 is 15.9 Å². The Labute approximate surface area is 112 Å². The lowest BCUT2D eigenvalue weighted by atomic mass is 10.0. The molecule has 2 nitrogen and oxygen atoms in total. The lowest BCUT2D eigenvalue weighted by Gasteiger charge is -2.07. The molecule has 18 heavy (non-hydrogen) atoms. The van der Waals surface area contributed by atoms with E-state index in [1.165, 1.54) is 0 Å². The maximum absolute atomic E-state index is 12.0. The third-order valence-electron chi connectivity index (χ3n) is 2.95. The van der Waals surface area contributed by atoms with Crippen LogP contribution in [0.25, 0.3) is 22.0 Å². The smallest absolute Gasteiger partial charge is 0.189 e. The Morgan fingerprint density at radius 3 is 2.50 bits per heavy atom. The van der Waals surface area contributed by atoms with Gasteiger partial charge in [0.1, 0.15) is 0 Å². The average molecular weight is 300 g/mol. The van der Waals surface area contributed by atoms with Crippen LogP contribution < -0.4 is 5.43 Å². The van der Waals surface area contributed by atoms with Gasteiger partial charge in [-0.25, -0.2) is 0 Å². The van der Waals surface area contributed by atoms with Gasteiger partial charge in [0.05, 0.1) is 5.39 Å². The van der Waals surface area contributed by atoms with Gasteiger partial charge in [0, 0.05) is 22.3 Å². The molecule has 0 amide bonds. The normalized spacial score (nSPS) is 10.7. The number of hydrogen-bond donors (Lipinski definition) is 1. The van der Waals surface area contributed by atoms with Crippen molar-refractivity contribution in [2.75, 3.05) is 0 Å². The molecular formula is C15H10BrNO. The number of halogens is 1. The zero-order valence-electron chi connectivity index (χ0n) is 9.48. The second kappa shape index (κ2) is 4.42. The zero-order chi connectivity index (χ0) is 12.5. The highest BCUT2D eigenvalue weighted by Crippen LogP contribution is 2.31. The number of rotatable bonds is 1. The van der Waals surface area contributed by atoms with Crippen LogP contribution in [0.3, 0.4) is 0 Å². The summed E-state index contributed by atoms with van der Waals surface area (Å²) >= 11 is 3.53. The monoisotopic (exact) mass is 299 g/mol. The maximum Gasteiger partial charge on any atom is 0.189 e. The lowest BCUT2D eigenvalue weighted by Crippen LogP contribution is -2.01. The van der Waals surface area contributed by atoms with Crippen molar-refractivity contribution < 1.29 is 0 Å². The highest BCUT2D eigenvalue weighted by Gasteiger charge is 2.08. The molecule has 1 N–H and O–H groups in total. The molecule has 0 aliphatic rings. The Morgan fingerprint density at radius 2 is 1.67 bits per heavy atom. The Kier molecular flexibility index (Phi) is 2.76. The number of benzene rings is 2. The van der Waals surface area contributed by atoms with Gasteiger partial charge in [-0.15, -0.1) is 0 Å². The second-order valence-electron chi connectivity index (χ2n) is 4.05. The Balaban J connectivity index is 2.44. The molecule has 0 saturated heterocycles. The predicted octanol–water partition coefficient (Wildman–Crippen LogP) is 3.96. The van der Waals surface area contributed by atoms with E-state index in [9.17, 15) is 4.79 Å². The first-order valence-corrected chi connectivity index (χ1v) is 6.42. The van der Waals surface area contributed by atoms with E-state index in [2.05, 4.69) is 20.9 Å². The molecule has 3 heteroatoms. The Morgan fingerprint density at radius 1 is 0.889 bits per heavy atom. The molecule has 0 aliphatic carbocycles. The fourth-order valence-electron chi connectivity index (χ4n) is 2.13. The molecule has 0 fully saturated rings. The summed E-state index contributed by atoms with van der Waals surface area (Å²) in [5.74, 6) is 0. The number of aromatic amines is 1. The van der Waals surface area contributed by atoms with E-state index < -0.39 is 0 Å². The van der Waals surface area contributed by atoms with Gasteiger partial charge in [-0.05, 0) is 23.3 Å². The first-order valence-electron chi connectivity index (χ1n) is 5.63. The number of H-pyrrole nitrogens is 1. The molecule has 3 aromatic rings. The van der Waals surface area contributed by atoms with Crippen LogP contribution in [0.4, 0.5) is 0 Å². The molecule has 0 saturated carbocycles. The number of hydrogen-bond acceptors (Lipinski definition) is 1. The molecule has 3 rings (SSSR count). The van der Waals surface area contributed by atoms with E-state index in [1.54, 1.807) is 12.3 Å². The molecule has 1 heterocycles. The number of nitrogens with one attached hydrogen (secondary N) is 1. The van der Waals surface area contributed by atoms with E-state index in [0.29, 0.717) is 0 Å².